The van der Waals surface area contributed by atoms with Crippen molar-refractivity contribution in [3.8, 4) is 0 Å². The maximum atomic E-state index is 11.6. The summed E-state index contributed by atoms with van der Waals surface area (Å²) in [5, 5.41) is 11.4. The molecule has 0 radical (unpaired) electrons. The number of methoxy groups -OCH3 is 1. The van der Waals surface area contributed by atoms with E-state index in [4.69, 9.17) is 0 Å². The third-order valence-corrected chi connectivity index (χ3v) is 3.29. The summed E-state index contributed by atoms with van der Waals surface area (Å²) in [6.07, 6.45) is 0. The normalized spacial score (nSPS) is 23.1. The molecule has 1 rings (SSSR count). The van der Waals surface area contributed by atoms with Crippen LogP contribution in [0.3, 0.4) is 0 Å². The molecule has 7 nitrogen and oxygen atoms in total. The minimum atomic E-state index is -1.30. The molecule has 1 fully saturated rings. The fourth-order valence-corrected chi connectivity index (χ4v) is 2.44. The van der Waals surface area contributed by atoms with Gasteiger partial charge >= 0.3 is 5.97 Å². The molecule has 7 heteroatoms. The highest BCUT2D eigenvalue weighted by Gasteiger charge is 2.55. The molecule has 0 aliphatic carbocycles. The van der Waals surface area contributed by atoms with Crippen LogP contribution in [0.5, 0.6) is 0 Å². The molecule has 0 amide bonds. The third kappa shape index (κ3) is 2.55. The SMILES string of the molecule is COC(=O)C(C)C1([N+](=O)[O-])CN(C)CN(C)C1. The number of esters is 1. The van der Waals surface area contributed by atoms with Crippen LogP contribution in [-0.4, -0.2) is 67.2 Å². The standard InChI is InChI=1S/C10H19N3O4/c1-8(9(14)17-4)10(13(15)16)5-11(2)7-12(3)6-10/h8H,5-7H2,1-4H3. The smallest absolute Gasteiger partial charge is 0.315 e. The van der Waals surface area contributed by atoms with Gasteiger partial charge in [-0.3, -0.25) is 24.7 Å². The van der Waals surface area contributed by atoms with Crippen LogP contribution in [0.2, 0.25) is 0 Å². The molecule has 0 N–H and O–H groups in total. The highest BCUT2D eigenvalue weighted by atomic mass is 16.6. The highest BCUT2D eigenvalue weighted by molar-refractivity contribution is 5.73. The van der Waals surface area contributed by atoms with Gasteiger partial charge in [-0.25, -0.2) is 0 Å². The molecule has 1 aliphatic heterocycles. The largest absolute Gasteiger partial charge is 0.469 e. The lowest BCUT2D eigenvalue weighted by Gasteiger charge is -2.41. The van der Waals surface area contributed by atoms with Gasteiger partial charge in [-0.1, -0.05) is 0 Å². The fraction of sp³-hybridized carbons (Fsp3) is 0.900. The Morgan fingerprint density at radius 3 is 2.24 bits per heavy atom. The zero-order valence-corrected chi connectivity index (χ0v) is 10.7. The summed E-state index contributed by atoms with van der Waals surface area (Å²) < 4.78 is 4.63. The predicted octanol–water partition coefficient (Wildman–Crippen LogP) is -0.354. The van der Waals surface area contributed by atoms with Crippen molar-refractivity contribution < 1.29 is 14.5 Å². The highest BCUT2D eigenvalue weighted by Crippen LogP contribution is 2.27. The molecule has 1 heterocycles. The summed E-state index contributed by atoms with van der Waals surface area (Å²) in [4.78, 5) is 26.3. The molecule has 1 aliphatic rings. The molecule has 98 valence electrons. The molecule has 17 heavy (non-hydrogen) atoms. The number of ether oxygens (including phenoxy) is 1. The van der Waals surface area contributed by atoms with E-state index in [0.29, 0.717) is 6.67 Å². The summed E-state index contributed by atoms with van der Waals surface area (Å²) in [5.41, 5.74) is -1.30. The number of carbonyl (C=O) groups excluding carboxylic acids is 1. The molecule has 1 atom stereocenters. The van der Waals surface area contributed by atoms with Gasteiger partial charge in [0.05, 0.1) is 26.9 Å². The van der Waals surface area contributed by atoms with Gasteiger partial charge < -0.3 is 4.74 Å². The van der Waals surface area contributed by atoms with Crippen LogP contribution in [0.1, 0.15) is 6.92 Å². The Balaban J connectivity index is 3.04. The Morgan fingerprint density at radius 2 is 1.88 bits per heavy atom. The number of carbonyl (C=O) groups is 1. The lowest BCUT2D eigenvalue weighted by molar-refractivity contribution is -0.582. The molecular formula is C10H19N3O4. The molecule has 0 aromatic carbocycles. The average molecular weight is 245 g/mol. The van der Waals surface area contributed by atoms with Crippen LogP contribution in [0, 0.1) is 16.0 Å². The van der Waals surface area contributed by atoms with E-state index in [1.54, 1.807) is 21.0 Å². The second kappa shape index (κ2) is 4.97. The van der Waals surface area contributed by atoms with E-state index in [1.165, 1.54) is 7.11 Å². The Labute approximate surface area is 100 Å². The van der Waals surface area contributed by atoms with Crippen molar-refractivity contribution in [2.75, 3.05) is 41.0 Å². The summed E-state index contributed by atoms with van der Waals surface area (Å²) in [5.74, 6) is -1.31. The maximum Gasteiger partial charge on any atom is 0.315 e. The molecule has 0 aromatic rings. The molecular weight excluding hydrogens is 226 g/mol. The van der Waals surface area contributed by atoms with E-state index in [1.807, 2.05) is 9.80 Å². The van der Waals surface area contributed by atoms with E-state index in [-0.39, 0.29) is 18.0 Å². The van der Waals surface area contributed by atoms with Gasteiger partial charge in [0, 0.05) is 4.92 Å². The Morgan fingerprint density at radius 1 is 1.41 bits per heavy atom. The zero-order chi connectivity index (χ0) is 13.2. The molecule has 0 aromatic heterocycles. The fourth-order valence-electron chi connectivity index (χ4n) is 2.44. The summed E-state index contributed by atoms with van der Waals surface area (Å²) in [6.45, 7) is 2.71. The van der Waals surface area contributed by atoms with E-state index in [9.17, 15) is 14.9 Å². The van der Waals surface area contributed by atoms with Gasteiger partial charge in [0.2, 0.25) is 0 Å². The van der Waals surface area contributed by atoms with E-state index >= 15 is 0 Å². The third-order valence-electron chi connectivity index (χ3n) is 3.29. The van der Waals surface area contributed by atoms with Crippen LogP contribution in [0.25, 0.3) is 0 Å². The van der Waals surface area contributed by atoms with Crippen molar-refractivity contribution >= 4 is 5.97 Å². The van der Waals surface area contributed by atoms with Gasteiger partial charge in [0.15, 0.2) is 0 Å². The van der Waals surface area contributed by atoms with Crippen molar-refractivity contribution in [3.63, 3.8) is 0 Å². The quantitative estimate of drug-likeness (QED) is 0.384. The van der Waals surface area contributed by atoms with Crippen molar-refractivity contribution in [2.45, 2.75) is 12.5 Å². The Hall–Kier alpha value is -1.21. The van der Waals surface area contributed by atoms with Gasteiger partial charge in [0.25, 0.3) is 5.54 Å². The van der Waals surface area contributed by atoms with Crippen molar-refractivity contribution in [2.24, 2.45) is 5.92 Å². The number of rotatable bonds is 3. The van der Waals surface area contributed by atoms with Crippen LogP contribution in [0.4, 0.5) is 0 Å². The lowest BCUT2D eigenvalue weighted by Crippen LogP contribution is -2.65. The lowest BCUT2D eigenvalue weighted by atomic mass is 9.83. The first-order valence-corrected chi connectivity index (χ1v) is 5.43. The van der Waals surface area contributed by atoms with E-state index in [0.717, 1.165) is 0 Å². The first kappa shape index (κ1) is 13.9. The second-order valence-corrected chi connectivity index (χ2v) is 4.78. The van der Waals surface area contributed by atoms with Crippen molar-refractivity contribution in [1.29, 1.82) is 0 Å². The summed E-state index contributed by atoms with van der Waals surface area (Å²) >= 11 is 0. The number of nitrogens with zero attached hydrogens (tertiary/aromatic N) is 3. The number of hydrogen-bond acceptors (Lipinski definition) is 6. The first-order chi connectivity index (χ1) is 7.83. The Kier molecular flexibility index (Phi) is 4.05. The van der Waals surface area contributed by atoms with Gasteiger partial charge in [0.1, 0.15) is 5.92 Å². The minimum Gasteiger partial charge on any atom is -0.469 e. The van der Waals surface area contributed by atoms with Gasteiger partial charge in [-0.2, -0.15) is 0 Å². The van der Waals surface area contributed by atoms with Gasteiger partial charge in [-0.05, 0) is 21.0 Å². The topological polar surface area (TPSA) is 75.9 Å². The predicted molar refractivity (Wildman–Crippen MR) is 61.0 cm³/mol. The zero-order valence-electron chi connectivity index (χ0n) is 10.7. The second-order valence-electron chi connectivity index (χ2n) is 4.78. The Bertz CT molecular complexity index is 311. The summed E-state index contributed by atoms with van der Waals surface area (Å²) in [6, 6.07) is 0. The monoisotopic (exact) mass is 245 g/mol. The van der Waals surface area contributed by atoms with E-state index < -0.39 is 17.4 Å². The molecule has 1 unspecified atom stereocenters. The molecule has 0 bridgehead atoms. The van der Waals surface area contributed by atoms with Gasteiger partial charge in [-0.15, -0.1) is 0 Å². The van der Waals surface area contributed by atoms with E-state index in [2.05, 4.69) is 4.74 Å². The number of hydrogen-bond donors (Lipinski definition) is 0. The maximum absolute atomic E-state index is 11.6. The molecule has 0 saturated carbocycles. The number of likely N-dealkylation sites (N-methyl/N-ethyl adjacent to an activating group) is 2. The van der Waals surface area contributed by atoms with Crippen LogP contribution in [-0.2, 0) is 9.53 Å². The first-order valence-electron chi connectivity index (χ1n) is 5.43. The van der Waals surface area contributed by atoms with Crippen LogP contribution >= 0.6 is 0 Å². The average Bonchev–Trinajstić information content (AvgIpc) is 2.25. The molecule has 0 spiro atoms. The molecule has 1 saturated heterocycles. The van der Waals surface area contributed by atoms with Crippen LogP contribution in [0.15, 0.2) is 0 Å². The number of nitro groups is 1. The summed E-state index contributed by atoms with van der Waals surface area (Å²) in [7, 11) is 4.86. The van der Waals surface area contributed by atoms with Crippen LogP contribution < -0.4 is 0 Å². The van der Waals surface area contributed by atoms with Crippen molar-refractivity contribution in [1.82, 2.24) is 9.80 Å². The minimum absolute atomic E-state index is 0.251. The van der Waals surface area contributed by atoms with Crippen molar-refractivity contribution in [3.05, 3.63) is 10.1 Å².